The van der Waals surface area contributed by atoms with Crippen molar-refractivity contribution in [2.45, 2.75) is 51.6 Å². The number of rotatable bonds is 4. The van der Waals surface area contributed by atoms with Crippen molar-refractivity contribution in [1.82, 2.24) is 5.32 Å². The van der Waals surface area contributed by atoms with Crippen molar-refractivity contribution in [3.05, 3.63) is 29.8 Å². The molecule has 1 saturated carbocycles. The maximum atomic E-state index is 12.2. The number of carbonyl (C=O) groups is 1. The number of nitriles is 1. The van der Waals surface area contributed by atoms with Crippen LogP contribution in [-0.4, -0.2) is 18.0 Å². The molecule has 1 aliphatic carbocycles. The Hall–Kier alpha value is -1.86. The van der Waals surface area contributed by atoms with Crippen LogP contribution >= 0.6 is 0 Å². The van der Waals surface area contributed by atoms with Gasteiger partial charge >= 0.3 is 0 Å². The van der Waals surface area contributed by atoms with Crippen LogP contribution in [0.5, 0.6) is 0 Å². The molecular weight excluding hydrogens is 262 g/mol. The second-order valence-corrected chi connectivity index (χ2v) is 5.94. The Morgan fingerprint density at radius 2 is 2.14 bits per heavy atom. The van der Waals surface area contributed by atoms with E-state index in [0.29, 0.717) is 23.2 Å². The van der Waals surface area contributed by atoms with Crippen LogP contribution in [0.3, 0.4) is 0 Å². The van der Waals surface area contributed by atoms with E-state index in [1.165, 1.54) is 19.3 Å². The third kappa shape index (κ3) is 4.30. The Bertz CT molecular complexity index is 535. The lowest BCUT2D eigenvalue weighted by Gasteiger charge is -2.31. The van der Waals surface area contributed by atoms with Gasteiger partial charge in [-0.15, -0.1) is 0 Å². The number of nitrogens with one attached hydrogen (secondary N) is 2. The van der Waals surface area contributed by atoms with Crippen LogP contribution < -0.4 is 10.6 Å². The van der Waals surface area contributed by atoms with Crippen molar-refractivity contribution in [3.63, 3.8) is 0 Å². The topological polar surface area (TPSA) is 64.9 Å². The van der Waals surface area contributed by atoms with E-state index in [1.807, 2.05) is 6.92 Å². The summed E-state index contributed by atoms with van der Waals surface area (Å²) in [5.74, 6) is 0.568. The van der Waals surface area contributed by atoms with E-state index >= 15 is 0 Å². The van der Waals surface area contributed by atoms with Gasteiger partial charge in [-0.3, -0.25) is 4.79 Å². The number of benzene rings is 1. The van der Waals surface area contributed by atoms with Gasteiger partial charge in [0.25, 0.3) is 0 Å². The summed E-state index contributed by atoms with van der Waals surface area (Å²) < 4.78 is 0. The van der Waals surface area contributed by atoms with Gasteiger partial charge in [0.15, 0.2) is 0 Å². The third-order valence-electron chi connectivity index (χ3n) is 4.23. The zero-order valence-corrected chi connectivity index (χ0v) is 12.7. The fraction of sp³-hybridized carbons (Fsp3) is 0.529. The molecule has 4 nitrogen and oxygen atoms in total. The van der Waals surface area contributed by atoms with E-state index in [1.54, 1.807) is 24.3 Å². The van der Waals surface area contributed by atoms with Crippen LogP contribution in [0.25, 0.3) is 0 Å². The highest BCUT2D eigenvalue weighted by atomic mass is 16.2. The molecule has 0 spiro atoms. The van der Waals surface area contributed by atoms with Gasteiger partial charge in [0.2, 0.25) is 5.91 Å². The van der Waals surface area contributed by atoms with Crippen molar-refractivity contribution < 1.29 is 4.79 Å². The van der Waals surface area contributed by atoms with E-state index < -0.39 is 0 Å². The van der Waals surface area contributed by atoms with Crippen LogP contribution in [0.2, 0.25) is 0 Å². The Labute approximate surface area is 126 Å². The molecule has 0 aliphatic heterocycles. The molecule has 0 bridgehead atoms. The van der Waals surface area contributed by atoms with Gasteiger partial charge < -0.3 is 10.6 Å². The van der Waals surface area contributed by atoms with E-state index in [9.17, 15) is 4.79 Å². The second kappa shape index (κ2) is 7.24. The Morgan fingerprint density at radius 1 is 1.38 bits per heavy atom. The lowest BCUT2D eigenvalue weighted by Crippen LogP contribution is -2.47. The minimum absolute atomic E-state index is 0.0529. The van der Waals surface area contributed by atoms with Gasteiger partial charge in [0.1, 0.15) is 0 Å². The molecule has 0 unspecified atom stereocenters. The van der Waals surface area contributed by atoms with Crippen molar-refractivity contribution in [2.24, 2.45) is 5.92 Å². The van der Waals surface area contributed by atoms with Gasteiger partial charge in [-0.25, -0.2) is 0 Å². The van der Waals surface area contributed by atoms with Gasteiger partial charge in [-0.1, -0.05) is 25.8 Å². The highest BCUT2D eigenvalue weighted by molar-refractivity contribution is 5.94. The first-order chi connectivity index (χ1) is 10.1. The first-order valence-electron chi connectivity index (χ1n) is 7.67. The molecule has 0 aromatic heterocycles. The number of amides is 1. The minimum Gasteiger partial charge on any atom is -0.325 e. The SMILES string of the molecule is C[C@H](N[C@@H]1CCCC[C@@H]1C)C(=O)Nc1cccc(C#N)c1. The smallest absolute Gasteiger partial charge is 0.241 e. The highest BCUT2D eigenvalue weighted by Crippen LogP contribution is 2.24. The number of nitrogens with zero attached hydrogens (tertiary/aromatic N) is 1. The molecule has 0 heterocycles. The largest absolute Gasteiger partial charge is 0.325 e. The molecule has 1 fully saturated rings. The zero-order chi connectivity index (χ0) is 15.2. The van der Waals surface area contributed by atoms with Gasteiger partial charge in [0, 0.05) is 11.7 Å². The Balaban J connectivity index is 1.91. The summed E-state index contributed by atoms with van der Waals surface area (Å²) in [6, 6.07) is 9.25. The van der Waals surface area contributed by atoms with Crippen LogP contribution in [0.4, 0.5) is 5.69 Å². The number of anilines is 1. The van der Waals surface area contributed by atoms with Crippen LogP contribution in [0.15, 0.2) is 24.3 Å². The van der Waals surface area contributed by atoms with E-state index in [2.05, 4.69) is 23.6 Å². The summed E-state index contributed by atoms with van der Waals surface area (Å²) in [7, 11) is 0. The van der Waals surface area contributed by atoms with E-state index in [-0.39, 0.29) is 11.9 Å². The summed E-state index contributed by atoms with van der Waals surface area (Å²) in [6.45, 7) is 4.14. The molecule has 112 valence electrons. The summed E-state index contributed by atoms with van der Waals surface area (Å²) in [5.41, 5.74) is 1.22. The van der Waals surface area contributed by atoms with Crippen molar-refractivity contribution in [1.29, 1.82) is 5.26 Å². The maximum absolute atomic E-state index is 12.2. The predicted molar refractivity (Wildman–Crippen MR) is 83.8 cm³/mol. The van der Waals surface area contributed by atoms with Crippen LogP contribution in [0.1, 0.15) is 45.1 Å². The molecule has 1 amide bonds. The van der Waals surface area contributed by atoms with Crippen molar-refractivity contribution >= 4 is 11.6 Å². The molecule has 21 heavy (non-hydrogen) atoms. The number of hydrogen-bond acceptors (Lipinski definition) is 3. The quantitative estimate of drug-likeness (QED) is 0.893. The molecule has 4 heteroatoms. The molecule has 0 saturated heterocycles. The third-order valence-corrected chi connectivity index (χ3v) is 4.23. The molecule has 2 N–H and O–H groups in total. The average molecular weight is 285 g/mol. The molecule has 1 aromatic rings. The van der Waals surface area contributed by atoms with E-state index in [0.717, 1.165) is 6.42 Å². The summed E-state index contributed by atoms with van der Waals surface area (Å²) >= 11 is 0. The maximum Gasteiger partial charge on any atom is 0.241 e. The lowest BCUT2D eigenvalue weighted by atomic mass is 9.85. The standard InChI is InChI=1S/C17H23N3O/c1-12-6-3-4-9-16(12)19-13(2)17(21)20-15-8-5-7-14(10-15)11-18/h5,7-8,10,12-13,16,19H,3-4,6,9H2,1-2H3,(H,20,21)/t12-,13-,16+/m0/s1. The molecular formula is C17H23N3O. The van der Waals surface area contributed by atoms with Crippen molar-refractivity contribution in [2.75, 3.05) is 5.32 Å². The molecule has 1 aliphatic rings. The first kappa shape index (κ1) is 15.5. The van der Waals surface area contributed by atoms with Crippen LogP contribution in [0, 0.1) is 17.2 Å². The fourth-order valence-electron chi connectivity index (χ4n) is 2.88. The predicted octanol–water partition coefficient (Wildman–Crippen LogP) is 3.05. The van der Waals surface area contributed by atoms with Crippen LogP contribution in [-0.2, 0) is 4.79 Å². The highest BCUT2D eigenvalue weighted by Gasteiger charge is 2.24. The van der Waals surface area contributed by atoms with E-state index in [4.69, 9.17) is 5.26 Å². The molecule has 3 atom stereocenters. The normalized spacial score (nSPS) is 23.1. The summed E-state index contributed by atoms with van der Waals surface area (Å²) in [4.78, 5) is 12.2. The number of hydrogen-bond donors (Lipinski definition) is 2. The molecule has 0 radical (unpaired) electrons. The Morgan fingerprint density at radius 3 is 2.86 bits per heavy atom. The monoisotopic (exact) mass is 285 g/mol. The fourth-order valence-corrected chi connectivity index (χ4v) is 2.88. The van der Waals surface area contributed by atoms with Gasteiger partial charge in [-0.2, -0.15) is 5.26 Å². The average Bonchev–Trinajstić information content (AvgIpc) is 2.49. The van der Waals surface area contributed by atoms with Crippen molar-refractivity contribution in [3.8, 4) is 6.07 Å². The molecule has 2 rings (SSSR count). The second-order valence-electron chi connectivity index (χ2n) is 5.94. The lowest BCUT2D eigenvalue weighted by molar-refractivity contribution is -0.118. The summed E-state index contributed by atoms with van der Waals surface area (Å²) in [5, 5.41) is 15.2. The Kier molecular flexibility index (Phi) is 5.35. The zero-order valence-electron chi connectivity index (χ0n) is 12.7. The molecule has 1 aromatic carbocycles. The minimum atomic E-state index is -0.235. The van der Waals surface area contributed by atoms with Gasteiger partial charge in [0.05, 0.1) is 17.7 Å². The number of carbonyl (C=O) groups excluding carboxylic acids is 1. The van der Waals surface area contributed by atoms with Gasteiger partial charge in [-0.05, 0) is 43.9 Å². The summed E-state index contributed by atoms with van der Waals surface area (Å²) in [6.07, 6.45) is 4.90. The first-order valence-corrected chi connectivity index (χ1v) is 7.67.